The van der Waals surface area contributed by atoms with Crippen molar-refractivity contribution in [2.45, 2.75) is 5.54 Å². The van der Waals surface area contributed by atoms with Crippen LogP contribution in [0.15, 0.2) is 5.29 Å². The lowest BCUT2D eigenvalue weighted by molar-refractivity contribution is -0.0348. The average Bonchev–Trinajstić information content (AvgIpc) is 2.08. The summed E-state index contributed by atoms with van der Waals surface area (Å²) in [6.45, 7) is -1.58. The van der Waals surface area contributed by atoms with Crippen LogP contribution in [0, 0.1) is 4.91 Å². The van der Waals surface area contributed by atoms with Gasteiger partial charge in [0.25, 0.3) is 0 Å². The first-order valence-corrected chi connectivity index (χ1v) is 3.06. The van der Waals surface area contributed by atoms with Crippen LogP contribution in [0.1, 0.15) is 0 Å². The Labute approximate surface area is 64.0 Å². The molecule has 0 unspecified atom stereocenters. The highest BCUT2D eigenvalue weighted by Gasteiger charge is 2.33. The highest BCUT2D eigenvalue weighted by molar-refractivity contribution is 4.85. The Morgan fingerprint density at radius 1 is 1.27 bits per heavy atom. The van der Waals surface area contributed by atoms with E-state index < -0.39 is 25.4 Å². The molecule has 0 aromatic carbocycles. The molecular weight excluding hydrogens is 152 g/mol. The SMILES string of the molecule is CN(N=O)C(CO)(CO)CO. The molecule has 0 bridgehead atoms. The van der Waals surface area contributed by atoms with Crippen LogP contribution in [0.25, 0.3) is 0 Å². The van der Waals surface area contributed by atoms with Crippen LogP contribution >= 0.6 is 0 Å². The Balaban J connectivity index is 4.38. The highest BCUT2D eigenvalue weighted by atomic mass is 16.3. The van der Waals surface area contributed by atoms with Gasteiger partial charge < -0.3 is 15.3 Å². The molecule has 0 aliphatic rings. The molecule has 0 saturated carbocycles. The number of aliphatic hydroxyl groups is 3. The van der Waals surface area contributed by atoms with Crippen molar-refractivity contribution in [3.63, 3.8) is 0 Å². The van der Waals surface area contributed by atoms with Gasteiger partial charge in [-0.1, -0.05) is 0 Å². The van der Waals surface area contributed by atoms with Crippen LogP contribution in [0.4, 0.5) is 0 Å². The minimum Gasteiger partial charge on any atom is -0.394 e. The maximum Gasteiger partial charge on any atom is 0.129 e. The summed E-state index contributed by atoms with van der Waals surface area (Å²) < 4.78 is 0. The molecule has 0 fully saturated rings. The zero-order valence-corrected chi connectivity index (χ0v) is 6.27. The largest absolute Gasteiger partial charge is 0.394 e. The Kier molecular flexibility index (Phi) is 3.94. The lowest BCUT2D eigenvalue weighted by Crippen LogP contribution is -2.53. The van der Waals surface area contributed by atoms with Crippen molar-refractivity contribution in [2.24, 2.45) is 5.29 Å². The number of rotatable bonds is 5. The Hall–Kier alpha value is -0.720. The second kappa shape index (κ2) is 4.22. The summed E-state index contributed by atoms with van der Waals surface area (Å²) in [7, 11) is 1.27. The van der Waals surface area contributed by atoms with Crippen LogP contribution in [-0.2, 0) is 0 Å². The van der Waals surface area contributed by atoms with Gasteiger partial charge in [0.05, 0.1) is 25.1 Å². The predicted octanol–water partition coefficient (Wildman–Crippen LogP) is -1.68. The molecule has 0 saturated heterocycles. The normalized spacial score (nSPS) is 11.3. The van der Waals surface area contributed by atoms with Crippen LogP contribution in [-0.4, -0.2) is 52.7 Å². The first-order valence-electron chi connectivity index (χ1n) is 3.06. The fraction of sp³-hybridized carbons (Fsp3) is 1.00. The monoisotopic (exact) mass is 164 g/mol. The molecule has 0 aliphatic heterocycles. The maximum atomic E-state index is 9.97. The molecule has 66 valence electrons. The fourth-order valence-corrected chi connectivity index (χ4v) is 0.544. The summed E-state index contributed by atoms with van der Waals surface area (Å²) in [6.07, 6.45) is 0. The summed E-state index contributed by atoms with van der Waals surface area (Å²) in [4.78, 5) is 9.97. The zero-order chi connectivity index (χ0) is 8.91. The molecule has 6 nitrogen and oxygen atoms in total. The number of nitroso groups, excluding NO2 is 1. The second-order valence-electron chi connectivity index (χ2n) is 2.30. The smallest absolute Gasteiger partial charge is 0.129 e. The van der Waals surface area contributed by atoms with Crippen molar-refractivity contribution < 1.29 is 15.3 Å². The fourth-order valence-electron chi connectivity index (χ4n) is 0.544. The summed E-state index contributed by atoms with van der Waals surface area (Å²) in [5, 5.41) is 29.4. The average molecular weight is 164 g/mol. The van der Waals surface area contributed by atoms with Crippen molar-refractivity contribution in [1.82, 2.24) is 5.01 Å². The van der Waals surface area contributed by atoms with Crippen LogP contribution in [0.5, 0.6) is 0 Å². The van der Waals surface area contributed by atoms with Crippen LogP contribution < -0.4 is 0 Å². The molecule has 0 atom stereocenters. The molecule has 6 heteroatoms. The molecule has 0 spiro atoms. The van der Waals surface area contributed by atoms with Gasteiger partial charge in [-0.25, -0.2) is 0 Å². The summed E-state index contributed by atoms with van der Waals surface area (Å²) in [5.74, 6) is 0. The van der Waals surface area contributed by atoms with Gasteiger partial charge >= 0.3 is 0 Å². The van der Waals surface area contributed by atoms with Crippen molar-refractivity contribution in [2.75, 3.05) is 26.9 Å². The summed E-state index contributed by atoms with van der Waals surface area (Å²) in [5.41, 5.74) is -1.35. The van der Waals surface area contributed by atoms with Gasteiger partial charge in [0.15, 0.2) is 0 Å². The quantitative estimate of drug-likeness (QED) is 0.333. The zero-order valence-electron chi connectivity index (χ0n) is 6.27. The number of hydrogen-bond donors (Lipinski definition) is 3. The molecular formula is C5H12N2O4. The van der Waals surface area contributed by atoms with Crippen LogP contribution in [0.2, 0.25) is 0 Å². The Bertz CT molecular complexity index is 117. The molecule has 11 heavy (non-hydrogen) atoms. The number of hydrogen-bond acceptors (Lipinski definition) is 5. The molecule has 0 amide bonds. The van der Waals surface area contributed by atoms with Gasteiger partial charge in [-0.05, 0) is 0 Å². The van der Waals surface area contributed by atoms with Crippen LogP contribution in [0.3, 0.4) is 0 Å². The van der Waals surface area contributed by atoms with E-state index in [0.717, 1.165) is 5.01 Å². The van der Waals surface area contributed by atoms with Crippen molar-refractivity contribution in [1.29, 1.82) is 0 Å². The van der Waals surface area contributed by atoms with Crippen molar-refractivity contribution >= 4 is 0 Å². The molecule has 3 N–H and O–H groups in total. The van der Waals surface area contributed by atoms with Gasteiger partial charge in [0.2, 0.25) is 0 Å². The first-order chi connectivity index (χ1) is 5.16. The number of nitrogens with zero attached hydrogens (tertiary/aromatic N) is 2. The third kappa shape index (κ3) is 1.86. The maximum absolute atomic E-state index is 9.97. The van der Waals surface area contributed by atoms with E-state index in [4.69, 9.17) is 15.3 Å². The van der Waals surface area contributed by atoms with Crippen molar-refractivity contribution in [3.8, 4) is 0 Å². The predicted molar refractivity (Wildman–Crippen MR) is 37.5 cm³/mol. The van der Waals surface area contributed by atoms with Crippen molar-refractivity contribution in [3.05, 3.63) is 4.91 Å². The number of likely N-dealkylation sites (N-methyl/N-ethyl adjacent to an activating group) is 1. The van der Waals surface area contributed by atoms with Gasteiger partial charge in [0, 0.05) is 7.05 Å². The van der Waals surface area contributed by atoms with E-state index in [1.54, 1.807) is 0 Å². The van der Waals surface area contributed by atoms with E-state index in [2.05, 4.69) is 5.29 Å². The van der Waals surface area contributed by atoms with E-state index in [1.807, 2.05) is 0 Å². The summed E-state index contributed by atoms with van der Waals surface area (Å²) in [6, 6.07) is 0. The summed E-state index contributed by atoms with van der Waals surface area (Å²) >= 11 is 0. The molecule has 0 radical (unpaired) electrons. The topological polar surface area (TPSA) is 93.4 Å². The van der Waals surface area contributed by atoms with Gasteiger partial charge in [-0.3, -0.25) is 5.01 Å². The van der Waals surface area contributed by atoms with E-state index in [1.165, 1.54) is 7.05 Å². The van der Waals surface area contributed by atoms with E-state index >= 15 is 0 Å². The first kappa shape index (κ1) is 10.3. The van der Waals surface area contributed by atoms with E-state index in [0.29, 0.717) is 0 Å². The third-order valence-corrected chi connectivity index (χ3v) is 1.69. The third-order valence-electron chi connectivity index (χ3n) is 1.69. The van der Waals surface area contributed by atoms with Gasteiger partial charge in [-0.2, -0.15) is 0 Å². The minimum absolute atomic E-state index is 0.526. The van der Waals surface area contributed by atoms with Gasteiger partial charge in [0.1, 0.15) is 5.54 Å². The van der Waals surface area contributed by atoms with E-state index in [9.17, 15) is 4.91 Å². The number of aliphatic hydroxyl groups excluding tert-OH is 3. The van der Waals surface area contributed by atoms with Gasteiger partial charge in [-0.15, -0.1) is 4.91 Å². The molecule has 0 aromatic heterocycles. The van der Waals surface area contributed by atoms with E-state index in [-0.39, 0.29) is 0 Å². The molecule has 0 heterocycles. The Morgan fingerprint density at radius 3 is 1.73 bits per heavy atom. The minimum atomic E-state index is -1.35. The molecule has 0 aliphatic carbocycles. The standard InChI is InChI=1S/C5H12N2O4/c1-7(6-11)5(2-8,3-9)4-10/h8-10H,2-4H2,1H3. The lowest BCUT2D eigenvalue weighted by atomic mass is 10.0. The molecule has 0 aromatic rings. The Morgan fingerprint density at radius 2 is 1.64 bits per heavy atom. The molecule has 0 rings (SSSR count). The second-order valence-corrected chi connectivity index (χ2v) is 2.30. The highest BCUT2D eigenvalue weighted by Crippen LogP contribution is 2.11. The lowest BCUT2D eigenvalue weighted by Gasteiger charge is -2.32.